The molecule has 1 aromatic heterocycles. The lowest BCUT2D eigenvalue weighted by atomic mass is 10.1. The average Bonchev–Trinajstić information content (AvgIpc) is 2.48. The highest BCUT2D eigenvalue weighted by atomic mass is 16.4. The van der Waals surface area contributed by atoms with Crippen molar-refractivity contribution in [2.24, 2.45) is 0 Å². The van der Waals surface area contributed by atoms with E-state index in [0.29, 0.717) is 5.56 Å². The van der Waals surface area contributed by atoms with E-state index in [1.165, 1.54) is 0 Å². The highest BCUT2D eigenvalue weighted by molar-refractivity contribution is 5.91. The molecule has 2 N–H and O–H groups in total. The zero-order valence-electron chi connectivity index (χ0n) is 10.9. The number of rotatable bonds is 3. The Morgan fingerprint density at radius 2 is 2.25 bits per heavy atom. The Morgan fingerprint density at radius 1 is 1.35 bits per heavy atom. The summed E-state index contributed by atoms with van der Waals surface area (Å²) in [6, 6.07) is 11.0. The summed E-state index contributed by atoms with van der Waals surface area (Å²) >= 11 is 0. The van der Waals surface area contributed by atoms with Crippen LogP contribution in [-0.2, 0) is 6.54 Å². The van der Waals surface area contributed by atoms with Crippen LogP contribution in [0.1, 0.15) is 16.1 Å². The van der Waals surface area contributed by atoms with Gasteiger partial charge in [0.15, 0.2) is 0 Å². The minimum Gasteiger partial charge on any atom is -0.478 e. The van der Waals surface area contributed by atoms with Crippen LogP contribution in [0.3, 0.4) is 0 Å². The van der Waals surface area contributed by atoms with Gasteiger partial charge >= 0.3 is 5.97 Å². The third kappa shape index (κ3) is 2.42. The molecule has 102 valence electrons. The number of benzene rings is 1. The Labute approximate surface area is 116 Å². The third-order valence-electron chi connectivity index (χ3n) is 3.36. The van der Waals surface area contributed by atoms with Gasteiger partial charge in [-0.3, -0.25) is 4.98 Å². The predicted molar refractivity (Wildman–Crippen MR) is 77.2 cm³/mol. The van der Waals surface area contributed by atoms with Crippen molar-refractivity contribution < 1.29 is 9.90 Å². The number of aromatic carboxylic acids is 1. The Hall–Kier alpha value is -2.56. The first-order valence-corrected chi connectivity index (χ1v) is 6.50. The first-order valence-electron chi connectivity index (χ1n) is 6.50. The minimum atomic E-state index is -0.906. The Kier molecular flexibility index (Phi) is 3.25. The van der Waals surface area contributed by atoms with Gasteiger partial charge in [0.25, 0.3) is 0 Å². The monoisotopic (exact) mass is 269 g/mol. The molecule has 0 bridgehead atoms. The molecule has 0 saturated carbocycles. The van der Waals surface area contributed by atoms with Gasteiger partial charge in [0.05, 0.1) is 29.2 Å². The maximum atomic E-state index is 11.0. The van der Waals surface area contributed by atoms with Gasteiger partial charge in [-0.25, -0.2) is 4.79 Å². The van der Waals surface area contributed by atoms with Crippen LogP contribution in [0.4, 0.5) is 11.4 Å². The van der Waals surface area contributed by atoms with E-state index in [4.69, 9.17) is 5.11 Å². The summed E-state index contributed by atoms with van der Waals surface area (Å²) in [5.41, 5.74) is 3.19. The summed E-state index contributed by atoms with van der Waals surface area (Å²) < 4.78 is 0. The van der Waals surface area contributed by atoms with Gasteiger partial charge in [0.1, 0.15) is 0 Å². The molecule has 0 atom stereocenters. The first-order chi connectivity index (χ1) is 9.74. The van der Waals surface area contributed by atoms with Crippen molar-refractivity contribution in [3.63, 3.8) is 0 Å². The maximum absolute atomic E-state index is 11.0. The van der Waals surface area contributed by atoms with Crippen molar-refractivity contribution in [1.82, 2.24) is 4.98 Å². The van der Waals surface area contributed by atoms with E-state index in [1.807, 2.05) is 24.3 Å². The van der Waals surface area contributed by atoms with Crippen LogP contribution >= 0.6 is 0 Å². The average molecular weight is 269 g/mol. The number of pyridine rings is 1. The van der Waals surface area contributed by atoms with Crippen LogP contribution in [0.5, 0.6) is 0 Å². The fourth-order valence-corrected chi connectivity index (χ4v) is 2.38. The molecule has 5 heteroatoms. The van der Waals surface area contributed by atoms with E-state index in [1.54, 1.807) is 18.3 Å². The lowest BCUT2D eigenvalue weighted by molar-refractivity contribution is 0.0697. The van der Waals surface area contributed by atoms with E-state index in [9.17, 15) is 4.79 Å². The summed E-state index contributed by atoms with van der Waals surface area (Å²) in [4.78, 5) is 17.6. The second kappa shape index (κ2) is 5.21. The molecular formula is C15H15N3O2. The van der Waals surface area contributed by atoms with Crippen molar-refractivity contribution in [2.75, 3.05) is 23.3 Å². The zero-order valence-corrected chi connectivity index (χ0v) is 10.9. The molecule has 20 heavy (non-hydrogen) atoms. The lowest BCUT2D eigenvalue weighted by Gasteiger charge is -2.32. The van der Waals surface area contributed by atoms with E-state index >= 15 is 0 Å². The highest BCUT2D eigenvalue weighted by Gasteiger charge is 2.18. The number of aromatic nitrogens is 1. The van der Waals surface area contributed by atoms with Crippen LogP contribution in [0.2, 0.25) is 0 Å². The molecule has 0 radical (unpaired) electrons. The van der Waals surface area contributed by atoms with Crippen LogP contribution < -0.4 is 10.2 Å². The van der Waals surface area contributed by atoms with Gasteiger partial charge in [0, 0.05) is 19.3 Å². The highest BCUT2D eigenvalue weighted by Crippen LogP contribution is 2.30. The van der Waals surface area contributed by atoms with Gasteiger partial charge < -0.3 is 15.3 Å². The summed E-state index contributed by atoms with van der Waals surface area (Å²) in [6.45, 7) is 2.39. The predicted octanol–water partition coefficient (Wildman–Crippen LogP) is 2.21. The van der Waals surface area contributed by atoms with Crippen molar-refractivity contribution in [3.05, 3.63) is 53.9 Å². The third-order valence-corrected chi connectivity index (χ3v) is 3.36. The van der Waals surface area contributed by atoms with Gasteiger partial charge in [-0.2, -0.15) is 0 Å². The number of carbonyl (C=O) groups is 1. The van der Waals surface area contributed by atoms with Crippen molar-refractivity contribution in [3.8, 4) is 0 Å². The van der Waals surface area contributed by atoms with Crippen LogP contribution in [0, 0.1) is 0 Å². The largest absolute Gasteiger partial charge is 0.478 e. The topological polar surface area (TPSA) is 65.5 Å². The molecule has 1 aromatic carbocycles. The molecule has 1 aliphatic heterocycles. The van der Waals surface area contributed by atoms with Crippen LogP contribution in [0.25, 0.3) is 0 Å². The molecule has 0 unspecified atom stereocenters. The van der Waals surface area contributed by atoms with E-state index in [0.717, 1.165) is 36.7 Å². The molecule has 0 amide bonds. The summed E-state index contributed by atoms with van der Waals surface area (Å²) in [6.07, 6.45) is 1.78. The normalized spacial score (nSPS) is 13.5. The SMILES string of the molecule is O=C(O)c1ccc2c(c1)NCCN2Cc1ccccn1. The van der Waals surface area contributed by atoms with Crippen molar-refractivity contribution in [2.45, 2.75) is 6.54 Å². The zero-order chi connectivity index (χ0) is 13.9. The molecule has 0 fully saturated rings. The number of hydrogen-bond donors (Lipinski definition) is 2. The van der Waals surface area contributed by atoms with Crippen LogP contribution in [-0.4, -0.2) is 29.1 Å². The van der Waals surface area contributed by atoms with E-state index < -0.39 is 5.97 Å². The maximum Gasteiger partial charge on any atom is 0.335 e. The van der Waals surface area contributed by atoms with Crippen LogP contribution in [0.15, 0.2) is 42.6 Å². The van der Waals surface area contributed by atoms with Gasteiger partial charge in [-0.15, -0.1) is 0 Å². The van der Waals surface area contributed by atoms with Gasteiger partial charge in [-0.1, -0.05) is 6.07 Å². The number of fused-ring (bicyclic) bond motifs is 1. The summed E-state index contributed by atoms with van der Waals surface area (Å²) in [7, 11) is 0. The number of nitrogens with zero attached hydrogens (tertiary/aromatic N) is 2. The Balaban J connectivity index is 1.88. The number of carboxylic acid groups (broad SMARTS) is 1. The second-order valence-electron chi connectivity index (χ2n) is 4.71. The number of carboxylic acids is 1. The second-order valence-corrected chi connectivity index (χ2v) is 4.71. The molecular weight excluding hydrogens is 254 g/mol. The number of hydrogen-bond acceptors (Lipinski definition) is 4. The quantitative estimate of drug-likeness (QED) is 0.894. The fourth-order valence-electron chi connectivity index (χ4n) is 2.38. The Morgan fingerprint density at radius 3 is 3.00 bits per heavy atom. The molecule has 0 saturated heterocycles. The molecule has 2 heterocycles. The number of anilines is 2. The van der Waals surface area contributed by atoms with Crippen molar-refractivity contribution >= 4 is 17.3 Å². The molecule has 0 aliphatic carbocycles. The molecule has 0 spiro atoms. The molecule has 5 nitrogen and oxygen atoms in total. The molecule has 1 aliphatic rings. The first kappa shape index (κ1) is 12.5. The van der Waals surface area contributed by atoms with E-state index in [2.05, 4.69) is 15.2 Å². The lowest BCUT2D eigenvalue weighted by Crippen LogP contribution is -2.33. The smallest absolute Gasteiger partial charge is 0.335 e. The minimum absolute atomic E-state index is 0.302. The Bertz CT molecular complexity index is 628. The molecule has 3 rings (SSSR count). The standard InChI is InChI=1S/C15H15N3O2/c19-15(20)11-4-5-14-13(9-11)17-7-8-18(14)10-12-3-1-2-6-16-12/h1-6,9,17H,7-8,10H2,(H,19,20). The van der Waals surface area contributed by atoms with Gasteiger partial charge in [-0.05, 0) is 30.3 Å². The summed E-state index contributed by atoms with van der Waals surface area (Å²) in [5.74, 6) is -0.906. The van der Waals surface area contributed by atoms with E-state index in [-0.39, 0.29) is 0 Å². The summed E-state index contributed by atoms with van der Waals surface area (Å²) in [5, 5.41) is 12.3. The van der Waals surface area contributed by atoms with Gasteiger partial charge in [0.2, 0.25) is 0 Å². The fraction of sp³-hybridized carbons (Fsp3) is 0.200. The van der Waals surface area contributed by atoms with Crippen molar-refractivity contribution in [1.29, 1.82) is 0 Å². The number of nitrogens with one attached hydrogen (secondary N) is 1. The molecule has 2 aromatic rings.